The Morgan fingerprint density at radius 1 is 1.18 bits per heavy atom. The molecule has 0 N–H and O–H groups in total. The molecule has 0 amide bonds. The summed E-state index contributed by atoms with van der Waals surface area (Å²) in [6, 6.07) is 21.6. The summed E-state index contributed by atoms with van der Waals surface area (Å²) in [4.78, 5) is 18.1. The molecule has 0 saturated heterocycles. The van der Waals surface area contributed by atoms with Gasteiger partial charge in [-0.15, -0.1) is 0 Å². The fourth-order valence-corrected chi connectivity index (χ4v) is 4.48. The zero-order valence-electron chi connectivity index (χ0n) is 17.4. The lowest BCUT2D eigenvalue weighted by Gasteiger charge is -2.10. The Morgan fingerprint density at radius 2 is 1.97 bits per heavy atom. The van der Waals surface area contributed by atoms with Crippen molar-refractivity contribution in [2.75, 3.05) is 6.61 Å². The second kappa shape index (κ2) is 9.14. The van der Waals surface area contributed by atoms with E-state index in [0.717, 1.165) is 5.39 Å². The van der Waals surface area contributed by atoms with E-state index in [1.54, 1.807) is 30.3 Å². The van der Waals surface area contributed by atoms with E-state index in [0.29, 0.717) is 43.1 Å². The van der Waals surface area contributed by atoms with Crippen LogP contribution < -0.4 is 10.3 Å². The molecule has 2 heterocycles. The molecule has 3 aromatic carbocycles. The fraction of sp³-hybridized carbons (Fsp3) is 0.0400. The van der Waals surface area contributed by atoms with Gasteiger partial charge in [-0.1, -0.05) is 41.9 Å². The Balaban J connectivity index is 1.72. The highest BCUT2D eigenvalue weighted by Gasteiger charge is 2.17. The quantitative estimate of drug-likeness (QED) is 0.258. The molecule has 5 rings (SSSR count). The van der Waals surface area contributed by atoms with E-state index in [1.807, 2.05) is 42.5 Å². The Hall–Kier alpha value is -3.93. The Kier molecular flexibility index (Phi) is 5.88. The van der Waals surface area contributed by atoms with E-state index in [2.05, 4.69) is 26.0 Å². The predicted octanol–water partition coefficient (Wildman–Crippen LogP) is 6.01. The molecule has 7 nitrogen and oxygen atoms in total. The van der Waals surface area contributed by atoms with E-state index in [4.69, 9.17) is 26.0 Å². The van der Waals surface area contributed by atoms with E-state index in [1.165, 1.54) is 10.9 Å². The topological polar surface area (TPSA) is 93.4 Å². The number of hydrogen-bond donors (Lipinski definition) is 0. The van der Waals surface area contributed by atoms with Crippen LogP contribution in [0.1, 0.15) is 5.56 Å². The first-order chi connectivity index (χ1) is 16.5. The standard InChI is InChI=1S/C25H14BrClN4O3/c26-19-13-17(27)11-16(23(19)33-10-9-28)14-29-31-24(22-12-15-5-1-4-8-21(15)34-22)30-20-7-3-2-6-18(20)25(31)32/h1-8,11-14H,10H2. The minimum atomic E-state index is -0.363. The molecule has 0 aliphatic heterocycles. The molecule has 2 aromatic heterocycles. The SMILES string of the molecule is N#CCOc1c(Br)cc(Cl)cc1C=Nn1c(-c2cc3ccccc3o2)nc2ccccc2c1=O. The summed E-state index contributed by atoms with van der Waals surface area (Å²) in [7, 11) is 0. The van der Waals surface area contributed by atoms with Crippen molar-refractivity contribution < 1.29 is 9.15 Å². The summed E-state index contributed by atoms with van der Waals surface area (Å²) in [5, 5.41) is 15.1. The zero-order valence-corrected chi connectivity index (χ0v) is 19.7. The van der Waals surface area contributed by atoms with Gasteiger partial charge in [0.1, 0.15) is 17.4 Å². The van der Waals surface area contributed by atoms with Gasteiger partial charge in [0.15, 0.2) is 12.4 Å². The number of hydrogen-bond acceptors (Lipinski definition) is 6. The summed E-state index contributed by atoms with van der Waals surface area (Å²) in [6.45, 7) is -0.164. The average Bonchev–Trinajstić information content (AvgIpc) is 3.27. The first-order valence-electron chi connectivity index (χ1n) is 10.1. The highest BCUT2D eigenvalue weighted by atomic mass is 79.9. The Morgan fingerprint density at radius 3 is 2.79 bits per heavy atom. The number of nitrogens with zero attached hydrogens (tertiary/aromatic N) is 4. The molecule has 0 aliphatic rings. The van der Waals surface area contributed by atoms with Crippen LogP contribution in [0.4, 0.5) is 0 Å². The van der Waals surface area contributed by atoms with Crippen molar-refractivity contribution in [2.24, 2.45) is 5.10 Å². The minimum absolute atomic E-state index is 0.164. The summed E-state index contributed by atoms with van der Waals surface area (Å²) < 4.78 is 13.3. The van der Waals surface area contributed by atoms with Gasteiger partial charge in [0.2, 0.25) is 5.82 Å². The first kappa shape index (κ1) is 21.9. The number of ether oxygens (including phenoxy) is 1. The number of fused-ring (bicyclic) bond motifs is 2. The molecule has 0 spiro atoms. The van der Waals surface area contributed by atoms with Crippen LogP contribution in [-0.2, 0) is 0 Å². The first-order valence-corrected chi connectivity index (χ1v) is 11.3. The highest BCUT2D eigenvalue weighted by Crippen LogP contribution is 2.32. The third-order valence-corrected chi connectivity index (χ3v) is 5.84. The van der Waals surface area contributed by atoms with Crippen molar-refractivity contribution in [1.29, 1.82) is 5.26 Å². The van der Waals surface area contributed by atoms with Crippen LogP contribution in [0.3, 0.4) is 0 Å². The van der Waals surface area contributed by atoms with Gasteiger partial charge >= 0.3 is 0 Å². The highest BCUT2D eigenvalue weighted by molar-refractivity contribution is 9.10. The van der Waals surface area contributed by atoms with Crippen LogP contribution in [0.5, 0.6) is 5.75 Å². The molecule has 0 fully saturated rings. The number of nitriles is 1. The van der Waals surface area contributed by atoms with Crippen LogP contribution in [0.15, 0.2) is 85.5 Å². The lowest BCUT2D eigenvalue weighted by atomic mass is 10.2. The summed E-state index contributed by atoms with van der Waals surface area (Å²) in [6.07, 6.45) is 1.44. The maximum Gasteiger partial charge on any atom is 0.282 e. The predicted molar refractivity (Wildman–Crippen MR) is 134 cm³/mol. The van der Waals surface area contributed by atoms with Crippen LogP contribution >= 0.6 is 27.5 Å². The largest absolute Gasteiger partial charge is 0.477 e. The fourth-order valence-electron chi connectivity index (χ4n) is 3.54. The van der Waals surface area contributed by atoms with Crippen LogP contribution in [0.2, 0.25) is 5.02 Å². The van der Waals surface area contributed by atoms with Crippen molar-refractivity contribution in [3.63, 3.8) is 0 Å². The summed E-state index contributed by atoms with van der Waals surface area (Å²) >= 11 is 9.61. The van der Waals surface area contributed by atoms with E-state index in [9.17, 15) is 4.79 Å². The maximum atomic E-state index is 13.4. The van der Waals surface area contributed by atoms with Crippen molar-refractivity contribution in [1.82, 2.24) is 9.66 Å². The van der Waals surface area contributed by atoms with E-state index in [-0.39, 0.29) is 18.0 Å². The van der Waals surface area contributed by atoms with Crippen LogP contribution in [0, 0.1) is 11.3 Å². The number of para-hydroxylation sites is 2. The minimum Gasteiger partial charge on any atom is -0.477 e. The third-order valence-electron chi connectivity index (χ3n) is 5.03. The van der Waals surface area contributed by atoms with Gasteiger partial charge in [-0.05, 0) is 52.3 Å². The lowest BCUT2D eigenvalue weighted by molar-refractivity contribution is 0.365. The molecule has 5 aromatic rings. The van der Waals surface area contributed by atoms with Crippen molar-refractivity contribution >= 4 is 55.6 Å². The molecule has 166 valence electrons. The van der Waals surface area contributed by atoms with Gasteiger partial charge in [0.25, 0.3) is 5.56 Å². The molecule has 0 saturated carbocycles. The van der Waals surface area contributed by atoms with Crippen molar-refractivity contribution in [2.45, 2.75) is 0 Å². The molecular formula is C25H14BrClN4O3. The van der Waals surface area contributed by atoms with Crippen LogP contribution in [-0.4, -0.2) is 22.5 Å². The molecule has 0 bridgehead atoms. The van der Waals surface area contributed by atoms with Gasteiger partial charge in [0, 0.05) is 16.0 Å². The van der Waals surface area contributed by atoms with Gasteiger partial charge in [-0.3, -0.25) is 4.79 Å². The normalized spacial score (nSPS) is 11.3. The molecule has 0 unspecified atom stereocenters. The molecular weight excluding hydrogens is 520 g/mol. The Labute approximate surface area is 206 Å². The number of furan rings is 1. The van der Waals surface area contributed by atoms with Crippen LogP contribution in [0.25, 0.3) is 33.5 Å². The van der Waals surface area contributed by atoms with Gasteiger partial charge in [-0.2, -0.15) is 15.0 Å². The summed E-state index contributed by atoms with van der Waals surface area (Å²) in [5.74, 6) is 1.02. The lowest BCUT2D eigenvalue weighted by Crippen LogP contribution is -2.20. The smallest absolute Gasteiger partial charge is 0.282 e. The van der Waals surface area contributed by atoms with Gasteiger partial charge in [0.05, 0.1) is 21.6 Å². The van der Waals surface area contributed by atoms with Crippen molar-refractivity contribution in [3.05, 3.63) is 92.1 Å². The van der Waals surface area contributed by atoms with Gasteiger partial charge < -0.3 is 9.15 Å². The second-order valence-corrected chi connectivity index (χ2v) is 8.51. The summed E-state index contributed by atoms with van der Waals surface area (Å²) in [5.41, 5.74) is 1.31. The monoisotopic (exact) mass is 532 g/mol. The van der Waals surface area contributed by atoms with E-state index >= 15 is 0 Å². The Bertz CT molecular complexity index is 1650. The number of aromatic nitrogens is 2. The molecule has 34 heavy (non-hydrogen) atoms. The maximum absolute atomic E-state index is 13.4. The molecule has 9 heteroatoms. The van der Waals surface area contributed by atoms with Gasteiger partial charge in [-0.25, -0.2) is 4.98 Å². The zero-order chi connectivity index (χ0) is 23.7. The molecule has 0 atom stereocenters. The second-order valence-electron chi connectivity index (χ2n) is 7.22. The molecule has 0 radical (unpaired) electrons. The molecule has 0 aliphatic carbocycles. The van der Waals surface area contributed by atoms with Crippen molar-refractivity contribution in [3.8, 4) is 23.4 Å². The number of benzene rings is 3. The number of rotatable bonds is 5. The average molecular weight is 534 g/mol. The number of halogens is 2. The third kappa shape index (κ3) is 4.07. The van der Waals surface area contributed by atoms with E-state index < -0.39 is 0 Å².